The van der Waals surface area contributed by atoms with Crippen molar-refractivity contribution in [2.75, 3.05) is 24.5 Å². The number of fused-ring (bicyclic) bond motifs is 1. The van der Waals surface area contributed by atoms with Gasteiger partial charge in [0, 0.05) is 39.1 Å². The maximum atomic E-state index is 12.6. The van der Waals surface area contributed by atoms with E-state index in [1.165, 1.54) is 24.8 Å². The van der Waals surface area contributed by atoms with E-state index in [9.17, 15) is 4.79 Å². The Balaban J connectivity index is 1.53. The summed E-state index contributed by atoms with van der Waals surface area (Å²) in [6, 6.07) is 10.4. The summed E-state index contributed by atoms with van der Waals surface area (Å²) < 4.78 is 0. The molecule has 1 fully saturated rings. The summed E-state index contributed by atoms with van der Waals surface area (Å²) in [7, 11) is 0. The second-order valence-electron chi connectivity index (χ2n) is 6.81. The van der Waals surface area contributed by atoms with Gasteiger partial charge in [0.1, 0.15) is 0 Å². The standard InChI is InChI=1S/C19H24N4O/c24-18-16-14-22(13-15-7-3-1-4-8-15)12-9-17(16)20-19(21-18)23-10-5-2-6-11-23/h1,3-4,7-8H,2,5-6,9-14H2,(H,20,21,24). The van der Waals surface area contributed by atoms with Crippen LogP contribution in [0.3, 0.4) is 0 Å². The Hall–Kier alpha value is -2.14. The van der Waals surface area contributed by atoms with Crippen molar-refractivity contribution in [3.05, 3.63) is 57.5 Å². The van der Waals surface area contributed by atoms with Crippen LogP contribution in [-0.2, 0) is 19.5 Å². The minimum Gasteiger partial charge on any atom is -0.342 e. The van der Waals surface area contributed by atoms with Crippen LogP contribution in [0.2, 0.25) is 0 Å². The van der Waals surface area contributed by atoms with Crippen molar-refractivity contribution in [1.29, 1.82) is 0 Å². The largest absolute Gasteiger partial charge is 0.342 e. The van der Waals surface area contributed by atoms with Gasteiger partial charge in [-0.3, -0.25) is 14.7 Å². The van der Waals surface area contributed by atoms with Gasteiger partial charge in [-0.1, -0.05) is 30.3 Å². The highest BCUT2D eigenvalue weighted by atomic mass is 16.1. The van der Waals surface area contributed by atoms with Crippen LogP contribution in [0.15, 0.2) is 35.1 Å². The van der Waals surface area contributed by atoms with Crippen LogP contribution in [0.4, 0.5) is 5.95 Å². The first-order valence-corrected chi connectivity index (χ1v) is 8.93. The van der Waals surface area contributed by atoms with Crippen LogP contribution in [0.5, 0.6) is 0 Å². The molecule has 0 radical (unpaired) electrons. The van der Waals surface area contributed by atoms with Gasteiger partial charge in [-0.25, -0.2) is 4.98 Å². The van der Waals surface area contributed by atoms with Crippen LogP contribution >= 0.6 is 0 Å². The fraction of sp³-hybridized carbons (Fsp3) is 0.474. The number of anilines is 1. The third-order valence-electron chi connectivity index (χ3n) is 5.04. The number of hydrogen-bond donors (Lipinski definition) is 1. The Kier molecular flexibility index (Phi) is 4.34. The van der Waals surface area contributed by atoms with Gasteiger partial charge in [0.05, 0.1) is 11.3 Å². The number of aromatic nitrogens is 2. The molecule has 0 saturated carbocycles. The number of H-pyrrole nitrogens is 1. The van der Waals surface area contributed by atoms with Gasteiger partial charge >= 0.3 is 0 Å². The summed E-state index contributed by atoms with van der Waals surface area (Å²) in [5, 5.41) is 0. The van der Waals surface area contributed by atoms with E-state index in [0.717, 1.165) is 49.8 Å². The molecule has 0 unspecified atom stereocenters. The molecule has 0 atom stereocenters. The summed E-state index contributed by atoms with van der Waals surface area (Å²) in [6.45, 7) is 4.53. The van der Waals surface area contributed by atoms with E-state index in [0.29, 0.717) is 6.54 Å². The number of piperidine rings is 1. The Morgan fingerprint density at radius 1 is 1.04 bits per heavy atom. The van der Waals surface area contributed by atoms with Gasteiger partial charge in [0.15, 0.2) is 0 Å². The molecular weight excluding hydrogens is 300 g/mol. The molecule has 0 aliphatic carbocycles. The lowest BCUT2D eigenvalue weighted by Crippen LogP contribution is -2.38. The van der Waals surface area contributed by atoms with Crippen molar-refractivity contribution in [3.63, 3.8) is 0 Å². The quantitative estimate of drug-likeness (QED) is 0.941. The molecule has 126 valence electrons. The smallest absolute Gasteiger partial charge is 0.257 e. The zero-order valence-electron chi connectivity index (χ0n) is 14.0. The average molecular weight is 324 g/mol. The predicted molar refractivity (Wildman–Crippen MR) is 95.2 cm³/mol. The number of nitrogens with one attached hydrogen (secondary N) is 1. The van der Waals surface area contributed by atoms with Crippen molar-refractivity contribution >= 4 is 5.95 Å². The van der Waals surface area contributed by atoms with Crippen LogP contribution in [0, 0.1) is 0 Å². The molecule has 1 N–H and O–H groups in total. The summed E-state index contributed by atoms with van der Waals surface area (Å²) in [4.78, 5) is 24.9. The van der Waals surface area contributed by atoms with Crippen molar-refractivity contribution in [1.82, 2.24) is 14.9 Å². The van der Waals surface area contributed by atoms with E-state index in [1.807, 2.05) is 6.07 Å². The minimum absolute atomic E-state index is 0.0401. The van der Waals surface area contributed by atoms with Gasteiger partial charge < -0.3 is 4.90 Å². The molecule has 4 rings (SSSR count). The van der Waals surface area contributed by atoms with Crippen molar-refractivity contribution < 1.29 is 0 Å². The molecule has 5 heteroatoms. The predicted octanol–water partition coefficient (Wildman–Crippen LogP) is 2.32. The Labute approximate surface area is 142 Å². The van der Waals surface area contributed by atoms with Crippen LogP contribution in [0.25, 0.3) is 0 Å². The minimum atomic E-state index is 0.0401. The second kappa shape index (κ2) is 6.77. The molecule has 1 aromatic carbocycles. The molecule has 2 aromatic rings. The number of aromatic amines is 1. The van der Waals surface area contributed by atoms with Gasteiger partial charge in [0.25, 0.3) is 5.56 Å². The summed E-state index contributed by atoms with van der Waals surface area (Å²) in [5.41, 5.74) is 3.16. The molecule has 2 aliphatic rings. The third-order valence-corrected chi connectivity index (χ3v) is 5.04. The van der Waals surface area contributed by atoms with Crippen LogP contribution in [0.1, 0.15) is 36.1 Å². The normalized spacial score (nSPS) is 18.4. The highest BCUT2D eigenvalue weighted by Crippen LogP contribution is 2.20. The first kappa shape index (κ1) is 15.4. The first-order chi connectivity index (χ1) is 11.8. The number of nitrogens with zero attached hydrogens (tertiary/aromatic N) is 3. The maximum Gasteiger partial charge on any atom is 0.257 e. The fourth-order valence-corrected chi connectivity index (χ4v) is 3.70. The van der Waals surface area contributed by atoms with E-state index >= 15 is 0 Å². The SMILES string of the molecule is O=c1[nH]c(N2CCCCC2)nc2c1CN(Cc1ccccc1)CC2. The molecule has 5 nitrogen and oxygen atoms in total. The van der Waals surface area contributed by atoms with E-state index in [1.54, 1.807) is 0 Å². The molecule has 3 heterocycles. The van der Waals surface area contributed by atoms with E-state index in [4.69, 9.17) is 4.98 Å². The first-order valence-electron chi connectivity index (χ1n) is 8.93. The maximum absolute atomic E-state index is 12.6. The van der Waals surface area contributed by atoms with E-state index in [2.05, 4.69) is 39.0 Å². The Morgan fingerprint density at radius 3 is 2.62 bits per heavy atom. The number of hydrogen-bond acceptors (Lipinski definition) is 4. The molecule has 1 saturated heterocycles. The lowest BCUT2D eigenvalue weighted by Gasteiger charge is -2.30. The Morgan fingerprint density at radius 2 is 1.83 bits per heavy atom. The number of rotatable bonds is 3. The third kappa shape index (κ3) is 3.22. The molecular formula is C19H24N4O. The highest BCUT2D eigenvalue weighted by Gasteiger charge is 2.23. The van der Waals surface area contributed by atoms with Crippen LogP contribution < -0.4 is 10.5 Å². The summed E-state index contributed by atoms with van der Waals surface area (Å²) in [5.74, 6) is 0.773. The molecule has 24 heavy (non-hydrogen) atoms. The molecule has 1 aromatic heterocycles. The molecule has 0 amide bonds. The highest BCUT2D eigenvalue weighted by molar-refractivity contribution is 5.34. The molecule has 2 aliphatic heterocycles. The fourth-order valence-electron chi connectivity index (χ4n) is 3.70. The second-order valence-corrected chi connectivity index (χ2v) is 6.81. The van der Waals surface area contributed by atoms with Gasteiger partial charge in [-0.15, -0.1) is 0 Å². The molecule has 0 spiro atoms. The van der Waals surface area contributed by atoms with Crippen LogP contribution in [-0.4, -0.2) is 34.5 Å². The zero-order valence-corrected chi connectivity index (χ0v) is 14.0. The van der Waals surface area contributed by atoms with Gasteiger partial charge in [0.2, 0.25) is 5.95 Å². The Bertz CT molecular complexity index is 750. The van der Waals surface area contributed by atoms with E-state index < -0.39 is 0 Å². The van der Waals surface area contributed by atoms with E-state index in [-0.39, 0.29) is 5.56 Å². The monoisotopic (exact) mass is 324 g/mol. The van der Waals surface area contributed by atoms with Gasteiger partial charge in [-0.2, -0.15) is 0 Å². The number of benzene rings is 1. The topological polar surface area (TPSA) is 52.2 Å². The summed E-state index contributed by atoms with van der Waals surface area (Å²) in [6.07, 6.45) is 4.50. The molecule has 0 bridgehead atoms. The van der Waals surface area contributed by atoms with Crippen molar-refractivity contribution in [3.8, 4) is 0 Å². The average Bonchev–Trinajstić information content (AvgIpc) is 2.64. The lowest BCUT2D eigenvalue weighted by molar-refractivity contribution is 0.241. The van der Waals surface area contributed by atoms with Crippen molar-refractivity contribution in [2.24, 2.45) is 0 Å². The van der Waals surface area contributed by atoms with Crippen molar-refractivity contribution in [2.45, 2.75) is 38.8 Å². The summed E-state index contributed by atoms with van der Waals surface area (Å²) >= 11 is 0. The lowest BCUT2D eigenvalue weighted by atomic mass is 10.1. The van der Waals surface area contributed by atoms with Gasteiger partial charge in [-0.05, 0) is 24.8 Å². The zero-order chi connectivity index (χ0) is 16.4.